The van der Waals surface area contributed by atoms with E-state index < -0.39 is 27.0 Å². The highest BCUT2D eigenvalue weighted by atomic mass is 32.2. The van der Waals surface area contributed by atoms with Crippen molar-refractivity contribution in [2.24, 2.45) is 11.1 Å². The number of aromatic nitrogens is 1. The lowest BCUT2D eigenvalue weighted by Gasteiger charge is -2.34. The van der Waals surface area contributed by atoms with Gasteiger partial charge in [0.25, 0.3) is 5.91 Å². The quantitative estimate of drug-likeness (QED) is 0.411. The number of carbonyl (C=O) groups is 2. The summed E-state index contributed by atoms with van der Waals surface area (Å²) in [6.07, 6.45) is 3.41. The molecule has 4 heterocycles. The minimum absolute atomic E-state index is 0.0313. The standard InChI is InChI=1S/C29H39FN6O5S/c1-29(2)13-23-26(42(39,40)16-29)20-14-41-15-24(20)36(23)19-11-21(30)25(27(31)37)22(12-19)33-17-3-5-18(6-4-17)34-28(38)35-9-7-32-8-10-35/h11-12,17-18,32-33H,3-10,13-16H2,1-2H3,(H2,31,37)(H,34,38). The third kappa shape index (κ3) is 5.37. The number of nitrogens with zero attached hydrogens (tertiary/aromatic N) is 2. The first kappa shape index (κ1) is 28.9. The molecule has 2 fully saturated rings. The molecule has 0 radical (unpaired) electrons. The van der Waals surface area contributed by atoms with Crippen LogP contribution in [-0.2, 0) is 34.2 Å². The summed E-state index contributed by atoms with van der Waals surface area (Å²) >= 11 is 0. The molecule has 1 aliphatic carbocycles. The van der Waals surface area contributed by atoms with E-state index >= 15 is 4.39 Å². The number of hydrogen-bond donors (Lipinski definition) is 4. The summed E-state index contributed by atoms with van der Waals surface area (Å²) in [5.41, 5.74) is 7.55. The fourth-order valence-electron chi connectivity index (χ4n) is 7.01. The van der Waals surface area contributed by atoms with Gasteiger partial charge >= 0.3 is 6.03 Å². The van der Waals surface area contributed by atoms with Gasteiger partial charge in [-0.05, 0) is 49.7 Å². The molecule has 4 aliphatic rings. The zero-order chi connectivity index (χ0) is 29.8. The van der Waals surface area contributed by atoms with Crippen LogP contribution in [0, 0.1) is 11.2 Å². The van der Waals surface area contributed by atoms with Crippen LogP contribution >= 0.6 is 0 Å². The van der Waals surface area contributed by atoms with Crippen LogP contribution < -0.4 is 21.7 Å². The van der Waals surface area contributed by atoms with Gasteiger partial charge in [-0.25, -0.2) is 17.6 Å². The molecule has 1 aromatic carbocycles. The van der Waals surface area contributed by atoms with Gasteiger partial charge in [0.05, 0.1) is 46.5 Å². The monoisotopic (exact) mass is 602 g/mol. The van der Waals surface area contributed by atoms with Crippen molar-refractivity contribution >= 4 is 27.5 Å². The van der Waals surface area contributed by atoms with Crippen LogP contribution in [0.4, 0.5) is 14.9 Å². The molecule has 1 saturated heterocycles. The SMILES string of the molecule is CC1(C)Cc2c(c3c(n2-c2cc(F)c(C(N)=O)c(NC4CCC(NC(=O)N5CCNCC5)CC4)c2)COC3)S(=O)(=O)C1. The molecule has 11 nitrogen and oxygen atoms in total. The summed E-state index contributed by atoms with van der Waals surface area (Å²) < 4.78 is 49.8. The van der Waals surface area contributed by atoms with Gasteiger partial charge in [0, 0.05) is 49.5 Å². The molecule has 13 heteroatoms. The maximum atomic E-state index is 15.6. The maximum Gasteiger partial charge on any atom is 0.317 e. The van der Waals surface area contributed by atoms with Crippen LogP contribution in [0.2, 0.25) is 0 Å². The molecule has 0 atom stereocenters. The van der Waals surface area contributed by atoms with E-state index in [1.54, 1.807) is 10.6 Å². The number of anilines is 1. The summed E-state index contributed by atoms with van der Waals surface area (Å²) in [6.45, 7) is 7.18. The second-order valence-electron chi connectivity index (χ2n) is 12.7. The molecule has 42 heavy (non-hydrogen) atoms. The second-order valence-corrected chi connectivity index (χ2v) is 14.6. The van der Waals surface area contributed by atoms with Crippen LogP contribution in [0.5, 0.6) is 0 Å². The largest absolute Gasteiger partial charge is 0.382 e. The molecule has 6 rings (SSSR count). The van der Waals surface area contributed by atoms with E-state index in [4.69, 9.17) is 10.5 Å². The average molecular weight is 603 g/mol. The number of benzene rings is 1. The summed E-state index contributed by atoms with van der Waals surface area (Å²) in [6, 6.07) is 2.88. The Hall–Kier alpha value is -3.16. The van der Waals surface area contributed by atoms with E-state index in [0.29, 0.717) is 59.9 Å². The Morgan fingerprint density at radius 3 is 2.45 bits per heavy atom. The molecular formula is C29H39FN6O5S. The second kappa shape index (κ2) is 10.8. The highest BCUT2D eigenvalue weighted by molar-refractivity contribution is 7.91. The third-order valence-corrected chi connectivity index (χ3v) is 11.1. The van der Waals surface area contributed by atoms with Crippen molar-refractivity contribution in [3.8, 4) is 5.69 Å². The Labute approximate surface area is 245 Å². The number of amides is 3. The molecule has 0 unspecified atom stereocenters. The van der Waals surface area contributed by atoms with Crippen molar-refractivity contribution in [1.82, 2.24) is 20.1 Å². The van der Waals surface area contributed by atoms with Crippen molar-refractivity contribution in [3.63, 3.8) is 0 Å². The summed E-state index contributed by atoms with van der Waals surface area (Å²) in [5, 5.41) is 9.74. The van der Waals surface area contributed by atoms with Gasteiger partial charge in [-0.1, -0.05) is 13.8 Å². The van der Waals surface area contributed by atoms with E-state index in [0.717, 1.165) is 25.9 Å². The molecule has 2 aromatic rings. The van der Waals surface area contributed by atoms with Crippen LogP contribution in [0.15, 0.2) is 17.0 Å². The van der Waals surface area contributed by atoms with Gasteiger partial charge in [-0.3, -0.25) is 4.79 Å². The van der Waals surface area contributed by atoms with Gasteiger partial charge in [0.2, 0.25) is 0 Å². The lowest BCUT2D eigenvalue weighted by molar-refractivity contribution is 0.0997. The number of primary amides is 1. The lowest BCUT2D eigenvalue weighted by atomic mass is 9.89. The highest BCUT2D eigenvalue weighted by Gasteiger charge is 2.43. The van der Waals surface area contributed by atoms with Gasteiger partial charge < -0.3 is 35.9 Å². The van der Waals surface area contributed by atoms with E-state index in [-0.39, 0.29) is 48.3 Å². The molecule has 228 valence electrons. The Kier molecular flexibility index (Phi) is 7.47. The van der Waals surface area contributed by atoms with Crippen LogP contribution in [-0.4, -0.2) is 73.8 Å². The first-order valence-electron chi connectivity index (χ1n) is 14.7. The number of ether oxygens (including phenoxy) is 1. The van der Waals surface area contributed by atoms with Gasteiger partial charge in [0.1, 0.15) is 5.82 Å². The molecular weight excluding hydrogens is 563 g/mol. The minimum atomic E-state index is -3.57. The minimum Gasteiger partial charge on any atom is -0.382 e. The van der Waals surface area contributed by atoms with Crippen molar-refractivity contribution in [2.45, 2.75) is 76.1 Å². The number of urea groups is 1. The van der Waals surface area contributed by atoms with Crippen LogP contribution in [0.25, 0.3) is 5.69 Å². The zero-order valence-corrected chi connectivity index (χ0v) is 24.9. The molecule has 1 saturated carbocycles. The zero-order valence-electron chi connectivity index (χ0n) is 24.1. The van der Waals surface area contributed by atoms with Crippen molar-refractivity contribution < 1.29 is 27.1 Å². The number of hydrogen-bond acceptors (Lipinski definition) is 7. The number of carbonyl (C=O) groups excluding carboxylic acids is 2. The van der Waals surface area contributed by atoms with Crippen molar-refractivity contribution in [2.75, 3.05) is 37.2 Å². The third-order valence-electron chi connectivity index (χ3n) is 8.85. The van der Waals surface area contributed by atoms with Crippen LogP contribution in [0.1, 0.15) is 66.8 Å². The van der Waals surface area contributed by atoms with E-state index in [2.05, 4.69) is 16.0 Å². The molecule has 0 bridgehead atoms. The van der Waals surface area contributed by atoms with Gasteiger partial charge in [-0.2, -0.15) is 0 Å². The molecule has 0 spiro atoms. The smallest absolute Gasteiger partial charge is 0.317 e. The fraction of sp³-hybridized carbons (Fsp3) is 0.586. The Morgan fingerprint density at radius 2 is 1.76 bits per heavy atom. The predicted molar refractivity (Wildman–Crippen MR) is 155 cm³/mol. The molecule has 5 N–H and O–H groups in total. The van der Waals surface area contributed by atoms with Gasteiger partial charge in [-0.15, -0.1) is 0 Å². The number of nitrogens with two attached hydrogens (primary N) is 1. The van der Waals surface area contributed by atoms with Crippen LogP contribution in [0.3, 0.4) is 0 Å². The number of piperazine rings is 1. The van der Waals surface area contributed by atoms with Crippen molar-refractivity contribution in [1.29, 1.82) is 0 Å². The molecule has 3 aliphatic heterocycles. The Bertz CT molecular complexity index is 1520. The topological polar surface area (TPSA) is 148 Å². The number of nitrogens with one attached hydrogen (secondary N) is 3. The van der Waals surface area contributed by atoms with Gasteiger partial charge in [0.15, 0.2) is 9.84 Å². The number of fused-ring (bicyclic) bond motifs is 3. The van der Waals surface area contributed by atoms with E-state index in [9.17, 15) is 18.0 Å². The Balaban J connectivity index is 1.27. The van der Waals surface area contributed by atoms with Crippen molar-refractivity contribution in [3.05, 3.63) is 40.5 Å². The van der Waals surface area contributed by atoms with E-state index in [1.165, 1.54) is 6.07 Å². The van der Waals surface area contributed by atoms with E-state index in [1.807, 2.05) is 18.7 Å². The number of sulfone groups is 1. The summed E-state index contributed by atoms with van der Waals surface area (Å²) in [7, 11) is -3.57. The summed E-state index contributed by atoms with van der Waals surface area (Å²) in [5.74, 6) is -1.62. The summed E-state index contributed by atoms with van der Waals surface area (Å²) in [4.78, 5) is 27.1. The Morgan fingerprint density at radius 1 is 1.07 bits per heavy atom. The maximum absolute atomic E-state index is 15.6. The number of rotatable bonds is 5. The molecule has 3 amide bonds. The molecule has 1 aromatic heterocycles. The lowest BCUT2D eigenvalue weighted by Crippen LogP contribution is -2.53. The highest BCUT2D eigenvalue weighted by Crippen LogP contribution is 2.44. The first-order chi connectivity index (χ1) is 19.9. The fourth-order valence-corrected chi connectivity index (χ4v) is 9.36. The first-order valence-corrected chi connectivity index (χ1v) is 16.3. The predicted octanol–water partition coefficient (Wildman–Crippen LogP) is 2.44. The normalized spacial score (nSPS) is 24.5. The average Bonchev–Trinajstić information content (AvgIpc) is 3.48. The number of halogens is 1.